The molecule has 0 fully saturated rings. The molecule has 0 bridgehead atoms. The molecule has 1 aromatic carbocycles. The van der Waals surface area contributed by atoms with Gasteiger partial charge in [0.2, 0.25) is 0 Å². The van der Waals surface area contributed by atoms with Gasteiger partial charge < -0.3 is 5.11 Å². The van der Waals surface area contributed by atoms with Gasteiger partial charge in [0, 0.05) is 6.20 Å². The highest BCUT2D eigenvalue weighted by Crippen LogP contribution is 2.29. The van der Waals surface area contributed by atoms with E-state index in [4.69, 9.17) is 5.26 Å². The lowest BCUT2D eigenvalue weighted by atomic mass is 10.1. The molecule has 0 aliphatic rings. The molecule has 1 heterocycles. The van der Waals surface area contributed by atoms with E-state index < -0.39 is 11.7 Å². The van der Waals surface area contributed by atoms with Crippen LogP contribution in [-0.4, -0.2) is 10.1 Å². The maximum absolute atomic E-state index is 12.4. The van der Waals surface area contributed by atoms with Crippen LogP contribution in [0.3, 0.4) is 0 Å². The Bertz CT molecular complexity index is 713. The van der Waals surface area contributed by atoms with Crippen LogP contribution in [-0.2, 0) is 6.18 Å². The number of hydrogen-bond acceptors (Lipinski definition) is 3. The topological polar surface area (TPSA) is 56.9 Å². The van der Waals surface area contributed by atoms with E-state index in [2.05, 4.69) is 4.98 Å². The minimum atomic E-state index is -4.47. The Morgan fingerprint density at radius 2 is 2.00 bits per heavy atom. The maximum atomic E-state index is 12.4. The van der Waals surface area contributed by atoms with Crippen molar-refractivity contribution in [3.8, 4) is 11.8 Å². The van der Waals surface area contributed by atoms with Gasteiger partial charge in [0.15, 0.2) is 0 Å². The molecule has 0 amide bonds. The number of aromatic nitrogens is 1. The van der Waals surface area contributed by atoms with Crippen LogP contribution >= 0.6 is 0 Å². The third-order valence-corrected chi connectivity index (χ3v) is 2.67. The summed E-state index contributed by atoms with van der Waals surface area (Å²) in [7, 11) is 0. The predicted molar refractivity (Wildman–Crippen MR) is 70.8 cm³/mol. The molecule has 2 aromatic rings. The number of allylic oxidation sites excluding steroid dienone is 1. The van der Waals surface area contributed by atoms with Gasteiger partial charge in [0.25, 0.3) is 0 Å². The summed E-state index contributed by atoms with van der Waals surface area (Å²) in [5.74, 6) is 0.0291. The highest BCUT2D eigenvalue weighted by atomic mass is 19.4. The molecule has 0 atom stereocenters. The van der Waals surface area contributed by atoms with Crippen molar-refractivity contribution < 1.29 is 18.3 Å². The summed E-state index contributed by atoms with van der Waals surface area (Å²) >= 11 is 0. The van der Waals surface area contributed by atoms with E-state index in [0.717, 1.165) is 12.1 Å². The van der Waals surface area contributed by atoms with Crippen molar-refractivity contribution >= 4 is 11.6 Å². The van der Waals surface area contributed by atoms with Crippen LogP contribution in [0, 0.1) is 11.3 Å². The van der Waals surface area contributed by atoms with Gasteiger partial charge in [-0.3, -0.25) is 4.98 Å². The van der Waals surface area contributed by atoms with E-state index in [0.29, 0.717) is 11.8 Å². The molecule has 3 nitrogen and oxygen atoms in total. The maximum Gasteiger partial charge on any atom is 0.417 e. The third kappa shape index (κ3) is 3.60. The molecule has 0 saturated heterocycles. The Kier molecular flexibility index (Phi) is 3.94. The predicted octanol–water partition coefficient (Wildman–Crippen LogP) is 3.87. The quantitative estimate of drug-likeness (QED) is 0.854. The van der Waals surface area contributed by atoms with Crippen LogP contribution < -0.4 is 0 Å². The molecule has 0 aliphatic heterocycles. The molecular weight excluding hydrogens is 281 g/mol. The van der Waals surface area contributed by atoms with E-state index in [-0.39, 0.29) is 17.0 Å². The number of pyridine rings is 1. The zero-order valence-electron chi connectivity index (χ0n) is 10.6. The van der Waals surface area contributed by atoms with Crippen LogP contribution in [0.1, 0.15) is 16.8 Å². The number of nitrogens with zero attached hydrogens (tertiary/aromatic N) is 2. The average Bonchev–Trinajstić information content (AvgIpc) is 2.44. The summed E-state index contributed by atoms with van der Waals surface area (Å²) in [6.45, 7) is 0. The van der Waals surface area contributed by atoms with Crippen LogP contribution in [0.2, 0.25) is 0 Å². The van der Waals surface area contributed by atoms with Crippen molar-refractivity contribution in [2.45, 2.75) is 6.18 Å². The van der Waals surface area contributed by atoms with Gasteiger partial charge in [-0.15, -0.1) is 0 Å². The van der Waals surface area contributed by atoms with Crippen LogP contribution in [0.25, 0.3) is 11.6 Å². The SMILES string of the molecule is N#C/C(=C/c1cccc(O)c1)c1ccc(C(F)(F)F)cn1. The molecular formula is C15H9F3N2O. The van der Waals surface area contributed by atoms with Gasteiger partial charge in [-0.05, 0) is 35.9 Å². The first-order valence-corrected chi connectivity index (χ1v) is 5.84. The monoisotopic (exact) mass is 290 g/mol. The number of halogens is 3. The summed E-state index contributed by atoms with van der Waals surface area (Å²) in [5.41, 5.74) is -0.0858. The van der Waals surface area contributed by atoms with E-state index in [1.54, 1.807) is 12.1 Å². The first kappa shape index (κ1) is 14.6. The molecule has 1 N–H and O–H groups in total. The largest absolute Gasteiger partial charge is 0.508 e. The fourth-order valence-corrected chi connectivity index (χ4v) is 1.67. The van der Waals surface area contributed by atoms with Crippen molar-refractivity contribution in [3.05, 3.63) is 59.4 Å². The number of benzene rings is 1. The van der Waals surface area contributed by atoms with Gasteiger partial charge in [0.1, 0.15) is 11.8 Å². The van der Waals surface area contributed by atoms with Crippen molar-refractivity contribution in [3.63, 3.8) is 0 Å². The lowest BCUT2D eigenvalue weighted by Gasteiger charge is -2.06. The molecule has 0 unspecified atom stereocenters. The summed E-state index contributed by atoms with van der Waals surface area (Å²) in [6, 6.07) is 10.0. The summed E-state index contributed by atoms with van der Waals surface area (Å²) in [6.07, 6.45) is -2.34. The van der Waals surface area contributed by atoms with E-state index in [9.17, 15) is 18.3 Å². The summed E-state index contributed by atoms with van der Waals surface area (Å²) < 4.78 is 37.3. The fourth-order valence-electron chi connectivity index (χ4n) is 1.67. The highest BCUT2D eigenvalue weighted by Gasteiger charge is 2.30. The first-order chi connectivity index (χ1) is 9.90. The lowest BCUT2D eigenvalue weighted by Crippen LogP contribution is -2.05. The number of rotatable bonds is 2. The standard InChI is InChI=1S/C15H9F3N2O/c16-15(17,18)12-4-5-14(20-9-12)11(8-19)6-10-2-1-3-13(21)7-10/h1-7,9,21H/b11-6-. The average molecular weight is 290 g/mol. The Hall–Kier alpha value is -2.81. The van der Waals surface area contributed by atoms with Crippen LogP contribution in [0.15, 0.2) is 42.6 Å². The smallest absolute Gasteiger partial charge is 0.417 e. The highest BCUT2D eigenvalue weighted by molar-refractivity contribution is 5.88. The normalized spacial score (nSPS) is 12.0. The number of phenolic OH excluding ortho intramolecular Hbond substituents is 1. The van der Waals surface area contributed by atoms with Gasteiger partial charge >= 0.3 is 6.18 Å². The van der Waals surface area contributed by atoms with Gasteiger partial charge in [-0.25, -0.2) is 0 Å². The molecule has 0 radical (unpaired) electrons. The number of hydrogen-bond donors (Lipinski definition) is 1. The van der Waals surface area contributed by atoms with E-state index in [1.807, 2.05) is 6.07 Å². The van der Waals surface area contributed by atoms with Crippen molar-refractivity contribution in [2.24, 2.45) is 0 Å². The minimum absolute atomic E-state index is 0.0291. The van der Waals surface area contributed by atoms with Crippen LogP contribution in [0.4, 0.5) is 13.2 Å². The summed E-state index contributed by atoms with van der Waals surface area (Å²) in [4.78, 5) is 3.66. The first-order valence-electron chi connectivity index (χ1n) is 5.84. The van der Waals surface area contributed by atoms with Crippen molar-refractivity contribution in [2.75, 3.05) is 0 Å². The van der Waals surface area contributed by atoms with Gasteiger partial charge in [-0.2, -0.15) is 18.4 Å². The van der Waals surface area contributed by atoms with Crippen LogP contribution in [0.5, 0.6) is 5.75 Å². The number of alkyl halides is 3. The Morgan fingerprint density at radius 1 is 1.24 bits per heavy atom. The van der Waals surface area contributed by atoms with Crippen molar-refractivity contribution in [1.82, 2.24) is 4.98 Å². The molecule has 0 saturated carbocycles. The molecule has 1 aromatic heterocycles. The third-order valence-electron chi connectivity index (χ3n) is 2.67. The second-order valence-electron chi connectivity index (χ2n) is 4.19. The van der Waals surface area contributed by atoms with Crippen molar-refractivity contribution in [1.29, 1.82) is 5.26 Å². The zero-order chi connectivity index (χ0) is 15.5. The Balaban J connectivity index is 2.36. The molecule has 21 heavy (non-hydrogen) atoms. The number of nitriles is 1. The Morgan fingerprint density at radius 3 is 2.52 bits per heavy atom. The summed E-state index contributed by atoms with van der Waals surface area (Å²) in [5, 5.41) is 18.4. The fraction of sp³-hybridized carbons (Fsp3) is 0.0667. The second-order valence-corrected chi connectivity index (χ2v) is 4.19. The van der Waals surface area contributed by atoms with E-state index >= 15 is 0 Å². The molecule has 6 heteroatoms. The molecule has 2 rings (SSSR count). The van der Waals surface area contributed by atoms with Gasteiger partial charge in [0.05, 0.1) is 16.8 Å². The molecule has 106 valence electrons. The second kappa shape index (κ2) is 5.67. The minimum Gasteiger partial charge on any atom is -0.508 e. The zero-order valence-corrected chi connectivity index (χ0v) is 10.6. The van der Waals surface area contributed by atoms with Gasteiger partial charge in [-0.1, -0.05) is 12.1 Å². The Labute approximate surface area is 118 Å². The number of phenols is 1. The lowest BCUT2D eigenvalue weighted by molar-refractivity contribution is -0.137. The number of aromatic hydroxyl groups is 1. The molecule has 0 spiro atoms. The van der Waals surface area contributed by atoms with E-state index in [1.165, 1.54) is 18.2 Å². The molecule has 0 aliphatic carbocycles.